The minimum absolute atomic E-state index is 0.532. The van der Waals surface area contributed by atoms with E-state index >= 15 is 0 Å². The summed E-state index contributed by atoms with van der Waals surface area (Å²) in [5.41, 5.74) is 2.60. The van der Waals surface area contributed by atoms with Gasteiger partial charge in [0.2, 0.25) is 0 Å². The molecule has 4 heteroatoms. The number of benzene rings is 1. The van der Waals surface area contributed by atoms with E-state index in [2.05, 4.69) is 41.2 Å². The fourth-order valence-corrected chi connectivity index (χ4v) is 3.09. The number of halogens is 1. The predicted molar refractivity (Wildman–Crippen MR) is 83.1 cm³/mol. The van der Waals surface area contributed by atoms with Crippen LogP contribution in [0, 0.1) is 0 Å². The van der Waals surface area contributed by atoms with Crippen molar-refractivity contribution in [2.45, 2.75) is 25.9 Å². The van der Waals surface area contributed by atoms with Gasteiger partial charge in [-0.05, 0) is 57.7 Å². The Balaban J connectivity index is 2.28. The summed E-state index contributed by atoms with van der Waals surface area (Å²) in [4.78, 5) is 4.94. The Morgan fingerprint density at radius 2 is 2.16 bits per heavy atom. The third kappa shape index (κ3) is 3.62. The Labute approximate surface area is 121 Å². The fraction of sp³-hybridized carbons (Fsp3) is 0.600. The van der Waals surface area contributed by atoms with Crippen molar-refractivity contribution in [1.82, 2.24) is 10.2 Å². The van der Waals surface area contributed by atoms with E-state index in [1.165, 1.54) is 24.2 Å². The number of hydrogen-bond donors (Lipinski definition) is 1. The monoisotopic (exact) mass is 281 g/mol. The molecule has 1 aromatic carbocycles. The predicted octanol–water partition coefficient (Wildman–Crippen LogP) is 2.59. The first-order valence-electron chi connectivity index (χ1n) is 7.00. The molecule has 106 valence electrons. The molecule has 0 bridgehead atoms. The third-order valence-corrected chi connectivity index (χ3v) is 4.00. The van der Waals surface area contributed by atoms with Gasteiger partial charge in [0.1, 0.15) is 0 Å². The van der Waals surface area contributed by atoms with Crippen LogP contribution in [0.3, 0.4) is 0 Å². The molecule has 1 N–H and O–H groups in total. The van der Waals surface area contributed by atoms with Gasteiger partial charge in [0, 0.05) is 36.4 Å². The van der Waals surface area contributed by atoms with Crippen molar-refractivity contribution >= 4 is 17.3 Å². The number of likely N-dealkylation sites (N-methyl/N-ethyl adjacent to an activating group) is 1. The summed E-state index contributed by atoms with van der Waals surface area (Å²) in [6.45, 7) is 6.57. The molecular weight excluding hydrogens is 258 g/mol. The zero-order chi connectivity index (χ0) is 13.8. The Morgan fingerprint density at radius 1 is 1.37 bits per heavy atom. The van der Waals surface area contributed by atoms with Crippen molar-refractivity contribution in [2.75, 3.05) is 38.6 Å². The molecule has 1 heterocycles. The van der Waals surface area contributed by atoms with Crippen molar-refractivity contribution in [3.05, 3.63) is 28.8 Å². The SMILES string of the molecule is CNCc1cc(Cl)ccc1N1CCCN(C)CC1C. The second-order valence-corrected chi connectivity index (χ2v) is 5.90. The molecule has 1 aliphatic rings. The molecule has 2 rings (SSSR count). The lowest BCUT2D eigenvalue weighted by atomic mass is 10.1. The number of anilines is 1. The average Bonchev–Trinajstić information content (AvgIpc) is 2.51. The molecule has 1 aromatic rings. The van der Waals surface area contributed by atoms with Crippen LogP contribution in [0.5, 0.6) is 0 Å². The Bertz CT molecular complexity index is 422. The summed E-state index contributed by atoms with van der Waals surface area (Å²) in [5.74, 6) is 0. The Hall–Kier alpha value is -0.770. The van der Waals surface area contributed by atoms with Gasteiger partial charge in [-0.15, -0.1) is 0 Å². The smallest absolute Gasteiger partial charge is 0.0415 e. The summed E-state index contributed by atoms with van der Waals surface area (Å²) in [6, 6.07) is 6.77. The number of nitrogens with one attached hydrogen (secondary N) is 1. The van der Waals surface area contributed by atoms with Crippen LogP contribution in [0.4, 0.5) is 5.69 Å². The molecule has 1 unspecified atom stereocenters. The highest BCUT2D eigenvalue weighted by molar-refractivity contribution is 6.30. The Morgan fingerprint density at radius 3 is 2.89 bits per heavy atom. The second kappa shape index (κ2) is 6.60. The minimum Gasteiger partial charge on any atom is -0.367 e. The molecule has 3 nitrogen and oxygen atoms in total. The highest BCUT2D eigenvalue weighted by Gasteiger charge is 2.21. The van der Waals surface area contributed by atoms with E-state index < -0.39 is 0 Å². The molecule has 0 amide bonds. The van der Waals surface area contributed by atoms with Gasteiger partial charge in [-0.2, -0.15) is 0 Å². The largest absolute Gasteiger partial charge is 0.367 e. The van der Waals surface area contributed by atoms with Gasteiger partial charge in [-0.25, -0.2) is 0 Å². The van der Waals surface area contributed by atoms with E-state index in [9.17, 15) is 0 Å². The molecule has 0 saturated carbocycles. The van der Waals surface area contributed by atoms with E-state index in [0.29, 0.717) is 6.04 Å². The zero-order valence-corrected chi connectivity index (χ0v) is 12.9. The highest BCUT2D eigenvalue weighted by atomic mass is 35.5. The van der Waals surface area contributed by atoms with E-state index in [4.69, 9.17) is 11.6 Å². The standard InChI is InChI=1S/C15H24ClN3/c1-12-11-18(3)7-4-8-19(12)15-6-5-14(16)9-13(15)10-17-2/h5-6,9,12,17H,4,7-8,10-11H2,1-3H3. The number of hydrogen-bond acceptors (Lipinski definition) is 3. The summed E-state index contributed by atoms with van der Waals surface area (Å²) >= 11 is 6.13. The van der Waals surface area contributed by atoms with Crippen molar-refractivity contribution in [3.63, 3.8) is 0 Å². The maximum absolute atomic E-state index is 6.13. The molecule has 0 radical (unpaired) electrons. The van der Waals surface area contributed by atoms with Gasteiger partial charge in [0.05, 0.1) is 0 Å². The highest BCUT2D eigenvalue weighted by Crippen LogP contribution is 2.27. The maximum Gasteiger partial charge on any atom is 0.0415 e. The first-order chi connectivity index (χ1) is 9.11. The Kier molecular flexibility index (Phi) is 5.08. The van der Waals surface area contributed by atoms with Gasteiger partial charge in [-0.1, -0.05) is 11.6 Å². The molecule has 0 aliphatic carbocycles. The molecule has 1 saturated heterocycles. The normalized spacial score (nSPS) is 21.5. The van der Waals surface area contributed by atoms with Crippen LogP contribution in [0.2, 0.25) is 5.02 Å². The quantitative estimate of drug-likeness (QED) is 0.919. The molecule has 1 atom stereocenters. The number of nitrogens with zero attached hydrogens (tertiary/aromatic N) is 2. The first kappa shape index (κ1) is 14.6. The lowest BCUT2D eigenvalue weighted by molar-refractivity contribution is 0.337. The minimum atomic E-state index is 0.532. The van der Waals surface area contributed by atoms with Gasteiger partial charge >= 0.3 is 0 Å². The molecule has 0 spiro atoms. The molecular formula is C15H24ClN3. The van der Waals surface area contributed by atoms with Crippen LogP contribution in [-0.4, -0.2) is 44.7 Å². The lowest BCUT2D eigenvalue weighted by Gasteiger charge is -2.32. The van der Waals surface area contributed by atoms with Gasteiger partial charge in [0.25, 0.3) is 0 Å². The molecule has 1 aliphatic heterocycles. The van der Waals surface area contributed by atoms with Gasteiger partial charge in [-0.3, -0.25) is 0 Å². The van der Waals surface area contributed by atoms with Crippen LogP contribution < -0.4 is 10.2 Å². The van der Waals surface area contributed by atoms with Crippen LogP contribution in [-0.2, 0) is 6.54 Å². The first-order valence-corrected chi connectivity index (χ1v) is 7.38. The van der Waals surface area contributed by atoms with Crippen molar-refractivity contribution < 1.29 is 0 Å². The van der Waals surface area contributed by atoms with Crippen molar-refractivity contribution in [2.24, 2.45) is 0 Å². The van der Waals surface area contributed by atoms with Crippen LogP contribution in [0.25, 0.3) is 0 Å². The van der Waals surface area contributed by atoms with Gasteiger partial charge < -0.3 is 15.1 Å². The zero-order valence-electron chi connectivity index (χ0n) is 12.1. The second-order valence-electron chi connectivity index (χ2n) is 5.46. The third-order valence-electron chi connectivity index (χ3n) is 3.77. The number of rotatable bonds is 3. The average molecular weight is 282 g/mol. The van der Waals surface area contributed by atoms with Crippen molar-refractivity contribution in [1.29, 1.82) is 0 Å². The summed E-state index contributed by atoms with van der Waals surface area (Å²) in [5, 5.41) is 4.05. The van der Waals surface area contributed by atoms with Crippen LogP contribution >= 0.6 is 11.6 Å². The maximum atomic E-state index is 6.13. The molecule has 0 aromatic heterocycles. The van der Waals surface area contributed by atoms with E-state index in [1.54, 1.807) is 0 Å². The van der Waals surface area contributed by atoms with E-state index in [0.717, 1.165) is 24.7 Å². The molecule has 1 fully saturated rings. The van der Waals surface area contributed by atoms with E-state index in [-0.39, 0.29) is 0 Å². The molecule has 19 heavy (non-hydrogen) atoms. The van der Waals surface area contributed by atoms with E-state index in [1.807, 2.05) is 13.1 Å². The summed E-state index contributed by atoms with van der Waals surface area (Å²) in [6.07, 6.45) is 1.21. The summed E-state index contributed by atoms with van der Waals surface area (Å²) < 4.78 is 0. The fourth-order valence-electron chi connectivity index (χ4n) is 2.90. The van der Waals surface area contributed by atoms with Crippen LogP contribution in [0.1, 0.15) is 18.9 Å². The topological polar surface area (TPSA) is 18.5 Å². The van der Waals surface area contributed by atoms with Gasteiger partial charge in [0.15, 0.2) is 0 Å². The van der Waals surface area contributed by atoms with Crippen molar-refractivity contribution in [3.8, 4) is 0 Å². The lowest BCUT2D eigenvalue weighted by Crippen LogP contribution is -2.38. The van der Waals surface area contributed by atoms with Crippen LogP contribution in [0.15, 0.2) is 18.2 Å². The summed E-state index contributed by atoms with van der Waals surface area (Å²) in [7, 11) is 4.18.